The number of benzene rings is 3. The summed E-state index contributed by atoms with van der Waals surface area (Å²) in [6, 6.07) is 26.1. The highest BCUT2D eigenvalue weighted by atomic mass is 16.1. The lowest BCUT2D eigenvalue weighted by Gasteiger charge is -2.06. The van der Waals surface area contributed by atoms with Gasteiger partial charge in [0.2, 0.25) is 0 Å². The highest BCUT2D eigenvalue weighted by molar-refractivity contribution is 6.05. The molecule has 0 aliphatic heterocycles. The summed E-state index contributed by atoms with van der Waals surface area (Å²) in [6.45, 7) is 0.700. The molecule has 5 rings (SSSR count). The molecular weight excluding hydrogens is 360 g/mol. The summed E-state index contributed by atoms with van der Waals surface area (Å²) in [5.74, 6) is 0. The van der Waals surface area contributed by atoms with Crippen LogP contribution in [-0.4, -0.2) is 25.8 Å². The standard InChI is InChI=1S/C24H18N4O/c29-17-19-15-27(14-18-8-3-1-4-9-18)23-13-7-12-21(24(19)23)22-16-28(26-25-22)20-10-5-2-6-11-20/h1-13,15-17H,14H2. The summed E-state index contributed by atoms with van der Waals surface area (Å²) in [5, 5.41) is 9.54. The minimum atomic E-state index is 0.654. The molecule has 0 spiro atoms. The molecule has 0 aliphatic carbocycles. The van der Waals surface area contributed by atoms with Crippen molar-refractivity contribution < 1.29 is 4.79 Å². The lowest BCUT2D eigenvalue weighted by Crippen LogP contribution is -1.97. The number of aldehydes is 1. The van der Waals surface area contributed by atoms with Crippen LogP contribution in [0.5, 0.6) is 0 Å². The molecule has 2 heterocycles. The molecule has 0 unspecified atom stereocenters. The molecule has 0 radical (unpaired) electrons. The molecule has 5 nitrogen and oxygen atoms in total. The summed E-state index contributed by atoms with van der Waals surface area (Å²) >= 11 is 0. The number of fused-ring (bicyclic) bond motifs is 1. The summed E-state index contributed by atoms with van der Waals surface area (Å²) in [7, 11) is 0. The summed E-state index contributed by atoms with van der Waals surface area (Å²) < 4.78 is 3.86. The Morgan fingerprint density at radius 1 is 0.828 bits per heavy atom. The third-order valence-electron chi connectivity index (χ3n) is 5.05. The van der Waals surface area contributed by atoms with Crippen molar-refractivity contribution in [3.8, 4) is 16.9 Å². The molecular formula is C24H18N4O. The number of aromatic nitrogens is 4. The Bertz CT molecular complexity index is 1290. The number of carbonyl (C=O) groups is 1. The van der Waals surface area contributed by atoms with Gasteiger partial charge in [0.25, 0.3) is 0 Å². The van der Waals surface area contributed by atoms with Gasteiger partial charge in [-0.1, -0.05) is 65.9 Å². The third-order valence-corrected chi connectivity index (χ3v) is 5.05. The minimum absolute atomic E-state index is 0.654. The van der Waals surface area contributed by atoms with Crippen molar-refractivity contribution >= 4 is 17.2 Å². The fourth-order valence-electron chi connectivity index (χ4n) is 3.69. The number of hydrogen-bond donors (Lipinski definition) is 0. The van der Waals surface area contributed by atoms with Gasteiger partial charge in [0.1, 0.15) is 5.69 Å². The van der Waals surface area contributed by atoms with Gasteiger partial charge in [0, 0.05) is 34.8 Å². The Morgan fingerprint density at radius 3 is 2.34 bits per heavy atom. The van der Waals surface area contributed by atoms with E-state index in [9.17, 15) is 4.79 Å². The highest BCUT2D eigenvalue weighted by Gasteiger charge is 2.16. The zero-order valence-corrected chi connectivity index (χ0v) is 15.6. The molecule has 140 valence electrons. The molecule has 3 aromatic carbocycles. The van der Waals surface area contributed by atoms with Crippen LogP contribution in [0.4, 0.5) is 0 Å². The Kier molecular flexibility index (Phi) is 4.26. The highest BCUT2D eigenvalue weighted by Crippen LogP contribution is 2.31. The van der Waals surface area contributed by atoms with Crippen LogP contribution in [0.15, 0.2) is 91.3 Å². The van der Waals surface area contributed by atoms with Gasteiger partial charge in [-0.05, 0) is 23.8 Å². The summed E-state index contributed by atoms with van der Waals surface area (Å²) in [4.78, 5) is 11.8. The first-order valence-electron chi connectivity index (χ1n) is 9.42. The molecule has 0 aliphatic rings. The molecule has 0 fully saturated rings. The number of para-hydroxylation sites is 1. The number of nitrogens with zero attached hydrogens (tertiary/aromatic N) is 4. The van der Waals surface area contributed by atoms with Crippen LogP contribution < -0.4 is 0 Å². The minimum Gasteiger partial charge on any atom is -0.342 e. The second-order valence-corrected chi connectivity index (χ2v) is 6.90. The zero-order valence-electron chi connectivity index (χ0n) is 15.6. The van der Waals surface area contributed by atoms with Gasteiger partial charge in [-0.3, -0.25) is 4.79 Å². The Balaban J connectivity index is 1.62. The smallest absolute Gasteiger partial charge is 0.152 e. The predicted molar refractivity (Wildman–Crippen MR) is 113 cm³/mol. The second-order valence-electron chi connectivity index (χ2n) is 6.90. The fraction of sp³-hybridized carbons (Fsp3) is 0.0417. The van der Waals surface area contributed by atoms with Crippen LogP contribution in [0, 0.1) is 0 Å². The van der Waals surface area contributed by atoms with Crippen molar-refractivity contribution in [2.45, 2.75) is 6.54 Å². The van der Waals surface area contributed by atoms with Crippen LogP contribution in [0.2, 0.25) is 0 Å². The van der Waals surface area contributed by atoms with Crippen molar-refractivity contribution in [2.24, 2.45) is 0 Å². The third kappa shape index (κ3) is 3.12. The SMILES string of the molecule is O=Cc1cn(Cc2ccccc2)c2cccc(-c3cn(-c4ccccc4)nn3)c12. The molecule has 2 aromatic heterocycles. The van der Waals surface area contributed by atoms with Gasteiger partial charge in [0.05, 0.1) is 11.9 Å². The largest absolute Gasteiger partial charge is 0.342 e. The van der Waals surface area contributed by atoms with Gasteiger partial charge in [-0.2, -0.15) is 0 Å². The van der Waals surface area contributed by atoms with E-state index >= 15 is 0 Å². The van der Waals surface area contributed by atoms with E-state index in [0.717, 1.165) is 34.1 Å². The van der Waals surface area contributed by atoms with Gasteiger partial charge in [-0.25, -0.2) is 4.68 Å². The van der Waals surface area contributed by atoms with Crippen LogP contribution in [0.25, 0.3) is 27.8 Å². The lowest BCUT2D eigenvalue weighted by molar-refractivity contribution is 0.112. The quantitative estimate of drug-likeness (QED) is 0.415. The average molecular weight is 378 g/mol. The van der Waals surface area contributed by atoms with Gasteiger partial charge in [0.15, 0.2) is 6.29 Å². The Hall–Kier alpha value is -3.99. The van der Waals surface area contributed by atoms with Crippen LogP contribution >= 0.6 is 0 Å². The number of rotatable bonds is 5. The van der Waals surface area contributed by atoms with Crippen LogP contribution in [-0.2, 0) is 6.54 Å². The summed E-state index contributed by atoms with van der Waals surface area (Å²) in [5.41, 5.74) is 5.42. The predicted octanol–water partition coefficient (Wildman–Crippen LogP) is 4.75. The van der Waals surface area contributed by atoms with E-state index in [0.29, 0.717) is 12.1 Å². The van der Waals surface area contributed by atoms with E-state index < -0.39 is 0 Å². The van der Waals surface area contributed by atoms with Crippen LogP contribution in [0.3, 0.4) is 0 Å². The molecule has 0 saturated heterocycles. The van der Waals surface area contributed by atoms with Crippen molar-refractivity contribution in [3.63, 3.8) is 0 Å². The normalized spacial score (nSPS) is 11.0. The van der Waals surface area contributed by atoms with Crippen molar-refractivity contribution in [1.29, 1.82) is 0 Å². The van der Waals surface area contributed by atoms with Gasteiger partial charge >= 0.3 is 0 Å². The first-order chi connectivity index (χ1) is 14.3. The van der Waals surface area contributed by atoms with Gasteiger partial charge < -0.3 is 4.57 Å². The molecule has 5 aromatic rings. The molecule has 0 N–H and O–H groups in total. The van der Waals surface area contributed by atoms with E-state index in [-0.39, 0.29) is 0 Å². The Morgan fingerprint density at radius 2 is 1.59 bits per heavy atom. The second kappa shape index (κ2) is 7.20. The fourth-order valence-corrected chi connectivity index (χ4v) is 3.69. The first-order valence-corrected chi connectivity index (χ1v) is 9.42. The zero-order chi connectivity index (χ0) is 19.6. The number of hydrogen-bond acceptors (Lipinski definition) is 3. The molecule has 29 heavy (non-hydrogen) atoms. The molecule has 0 saturated carbocycles. The Labute approximate surface area is 167 Å². The van der Waals surface area contributed by atoms with E-state index in [4.69, 9.17) is 0 Å². The average Bonchev–Trinajstić information content (AvgIpc) is 3.41. The van der Waals surface area contributed by atoms with E-state index in [1.807, 2.05) is 79.1 Å². The molecule has 5 heteroatoms. The maximum absolute atomic E-state index is 11.8. The maximum atomic E-state index is 11.8. The molecule has 0 amide bonds. The van der Waals surface area contributed by atoms with Crippen molar-refractivity contribution in [2.75, 3.05) is 0 Å². The molecule has 0 bridgehead atoms. The van der Waals surface area contributed by atoms with Crippen molar-refractivity contribution in [3.05, 3.63) is 102 Å². The monoisotopic (exact) mass is 378 g/mol. The topological polar surface area (TPSA) is 52.7 Å². The van der Waals surface area contributed by atoms with E-state index in [1.54, 1.807) is 4.68 Å². The van der Waals surface area contributed by atoms with Crippen LogP contribution in [0.1, 0.15) is 15.9 Å². The van der Waals surface area contributed by atoms with Gasteiger partial charge in [-0.15, -0.1) is 5.10 Å². The maximum Gasteiger partial charge on any atom is 0.152 e. The first kappa shape index (κ1) is 17.1. The number of carbonyl (C=O) groups excluding carboxylic acids is 1. The van der Waals surface area contributed by atoms with E-state index in [1.165, 1.54) is 5.56 Å². The van der Waals surface area contributed by atoms with E-state index in [2.05, 4.69) is 27.0 Å². The molecule has 0 atom stereocenters. The van der Waals surface area contributed by atoms with Crippen molar-refractivity contribution in [1.82, 2.24) is 19.6 Å². The summed E-state index contributed by atoms with van der Waals surface area (Å²) in [6.07, 6.45) is 4.72. The lowest BCUT2D eigenvalue weighted by atomic mass is 10.0.